The van der Waals surface area contributed by atoms with Crippen LogP contribution in [0.3, 0.4) is 0 Å². The number of rotatable bonds is 4. The molecule has 3 nitrogen and oxygen atoms in total. The zero-order chi connectivity index (χ0) is 13.0. The molecule has 0 heterocycles. The van der Waals surface area contributed by atoms with E-state index in [-0.39, 0.29) is 6.10 Å². The Balaban J connectivity index is 2.87. The first-order valence-electron chi connectivity index (χ1n) is 5.45. The van der Waals surface area contributed by atoms with Crippen LogP contribution < -0.4 is 0 Å². The van der Waals surface area contributed by atoms with Crippen molar-refractivity contribution in [2.24, 2.45) is 0 Å². The Hall–Kier alpha value is -0.890. The standard InChI is InChI=1S/C13H16BrNO2/c1-8-4-5-11(6-12(8)14)13(7-15)17-10(3)9(2)16/h4-6,9-10,13,16H,1-3H3. The molecule has 0 fully saturated rings. The summed E-state index contributed by atoms with van der Waals surface area (Å²) in [6, 6.07) is 7.76. The van der Waals surface area contributed by atoms with Crippen molar-refractivity contribution in [1.82, 2.24) is 0 Å². The molecule has 1 N–H and O–H groups in total. The molecule has 0 aliphatic heterocycles. The van der Waals surface area contributed by atoms with Gasteiger partial charge in [0.25, 0.3) is 0 Å². The van der Waals surface area contributed by atoms with Crippen LogP contribution in [0.4, 0.5) is 0 Å². The van der Waals surface area contributed by atoms with E-state index in [0.717, 1.165) is 15.6 Å². The second-order valence-electron chi connectivity index (χ2n) is 4.10. The molecule has 3 atom stereocenters. The van der Waals surface area contributed by atoms with Crippen LogP contribution in [0, 0.1) is 18.3 Å². The maximum Gasteiger partial charge on any atom is 0.169 e. The number of nitrogens with zero attached hydrogens (tertiary/aromatic N) is 1. The Bertz CT molecular complexity index is 426. The Morgan fingerprint density at radius 3 is 2.53 bits per heavy atom. The van der Waals surface area contributed by atoms with Gasteiger partial charge in [0, 0.05) is 4.47 Å². The summed E-state index contributed by atoms with van der Waals surface area (Å²) in [6.45, 7) is 5.37. The van der Waals surface area contributed by atoms with Gasteiger partial charge in [0.1, 0.15) is 0 Å². The molecule has 17 heavy (non-hydrogen) atoms. The van der Waals surface area contributed by atoms with E-state index in [2.05, 4.69) is 22.0 Å². The number of benzene rings is 1. The van der Waals surface area contributed by atoms with Gasteiger partial charge < -0.3 is 9.84 Å². The molecular formula is C13H16BrNO2. The van der Waals surface area contributed by atoms with Crippen LogP contribution in [0.2, 0.25) is 0 Å². The van der Waals surface area contributed by atoms with Gasteiger partial charge in [-0.2, -0.15) is 5.26 Å². The van der Waals surface area contributed by atoms with Crippen LogP contribution >= 0.6 is 15.9 Å². The monoisotopic (exact) mass is 297 g/mol. The zero-order valence-corrected chi connectivity index (χ0v) is 11.7. The smallest absolute Gasteiger partial charge is 0.169 e. The predicted molar refractivity (Wildman–Crippen MR) is 69.5 cm³/mol. The van der Waals surface area contributed by atoms with E-state index < -0.39 is 12.2 Å². The van der Waals surface area contributed by atoms with Crippen LogP contribution in [0.1, 0.15) is 31.1 Å². The van der Waals surface area contributed by atoms with Crippen molar-refractivity contribution in [3.63, 3.8) is 0 Å². The highest BCUT2D eigenvalue weighted by Gasteiger charge is 2.18. The summed E-state index contributed by atoms with van der Waals surface area (Å²) in [5.74, 6) is 0. The summed E-state index contributed by atoms with van der Waals surface area (Å²) < 4.78 is 6.46. The molecule has 0 amide bonds. The third-order valence-corrected chi connectivity index (χ3v) is 3.50. The van der Waals surface area contributed by atoms with E-state index in [4.69, 9.17) is 10.00 Å². The van der Waals surface area contributed by atoms with Crippen molar-refractivity contribution in [3.8, 4) is 6.07 Å². The molecule has 3 unspecified atom stereocenters. The predicted octanol–water partition coefficient (Wildman–Crippen LogP) is 3.11. The summed E-state index contributed by atoms with van der Waals surface area (Å²) >= 11 is 3.42. The summed E-state index contributed by atoms with van der Waals surface area (Å²) in [6.07, 6.45) is -1.63. The first-order valence-corrected chi connectivity index (χ1v) is 6.24. The van der Waals surface area contributed by atoms with Gasteiger partial charge in [0.05, 0.1) is 18.3 Å². The zero-order valence-electron chi connectivity index (χ0n) is 10.1. The van der Waals surface area contributed by atoms with Crippen LogP contribution in [0.5, 0.6) is 0 Å². The van der Waals surface area contributed by atoms with Gasteiger partial charge >= 0.3 is 0 Å². The number of halogens is 1. The first-order chi connectivity index (χ1) is 7.95. The third-order valence-electron chi connectivity index (χ3n) is 2.65. The molecular weight excluding hydrogens is 282 g/mol. The SMILES string of the molecule is Cc1ccc(C(C#N)OC(C)C(C)O)cc1Br. The largest absolute Gasteiger partial charge is 0.391 e. The second-order valence-corrected chi connectivity index (χ2v) is 4.95. The van der Waals surface area contributed by atoms with E-state index >= 15 is 0 Å². The highest BCUT2D eigenvalue weighted by Crippen LogP contribution is 2.25. The molecule has 4 heteroatoms. The Labute approximate surface area is 110 Å². The van der Waals surface area contributed by atoms with Crippen molar-refractivity contribution in [2.45, 2.75) is 39.1 Å². The van der Waals surface area contributed by atoms with E-state index in [1.165, 1.54) is 0 Å². The Kier molecular flexibility index (Phi) is 5.13. The Morgan fingerprint density at radius 2 is 2.06 bits per heavy atom. The number of ether oxygens (including phenoxy) is 1. The third kappa shape index (κ3) is 3.81. The number of aliphatic hydroxyl groups is 1. The van der Waals surface area contributed by atoms with Gasteiger partial charge in [-0.3, -0.25) is 0 Å². The molecule has 0 spiro atoms. The van der Waals surface area contributed by atoms with Crippen molar-refractivity contribution < 1.29 is 9.84 Å². The lowest BCUT2D eigenvalue weighted by molar-refractivity contribution is -0.0426. The maximum absolute atomic E-state index is 9.37. The molecule has 0 aliphatic rings. The molecule has 0 aliphatic carbocycles. The number of aliphatic hydroxyl groups excluding tert-OH is 1. The lowest BCUT2D eigenvalue weighted by Gasteiger charge is -2.20. The molecule has 1 aromatic carbocycles. The Morgan fingerprint density at radius 1 is 1.41 bits per heavy atom. The molecule has 0 bridgehead atoms. The molecule has 0 saturated heterocycles. The molecule has 1 rings (SSSR count). The quantitative estimate of drug-likeness (QED) is 0.929. The van der Waals surface area contributed by atoms with E-state index in [9.17, 15) is 5.11 Å². The minimum atomic E-state index is -0.656. The average molecular weight is 298 g/mol. The fourth-order valence-electron chi connectivity index (χ4n) is 1.28. The first kappa shape index (κ1) is 14.2. The molecule has 92 valence electrons. The van der Waals surface area contributed by atoms with Gasteiger partial charge in [0.15, 0.2) is 6.10 Å². The number of nitriles is 1. The molecule has 0 radical (unpaired) electrons. The van der Waals surface area contributed by atoms with Crippen LogP contribution in [0.25, 0.3) is 0 Å². The summed E-state index contributed by atoms with van der Waals surface area (Å²) in [7, 11) is 0. The lowest BCUT2D eigenvalue weighted by Crippen LogP contribution is -2.24. The molecule has 0 saturated carbocycles. The van der Waals surface area contributed by atoms with Gasteiger partial charge in [-0.25, -0.2) is 0 Å². The van der Waals surface area contributed by atoms with Gasteiger partial charge in [-0.1, -0.05) is 28.1 Å². The number of hydrogen-bond acceptors (Lipinski definition) is 3. The normalized spacial score (nSPS) is 16.0. The van der Waals surface area contributed by atoms with E-state index in [0.29, 0.717) is 0 Å². The fourth-order valence-corrected chi connectivity index (χ4v) is 1.68. The number of hydrogen-bond donors (Lipinski definition) is 1. The van der Waals surface area contributed by atoms with Gasteiger partial charge in [-0.15, -0.1) is 0 Å². The van der Waals surface area contributed by atoms with Crippen LogP contribution in [0.15, 0.2) is 22.7 Å². The maximum atomic E-state index is 9.37. The number of aryl methyl sites for hydroxylation is 1. The highest BCUT2D eigenvalue weighted by atomic mass is 79.9. The van der Waals surface area contributed by atoms with Crippen LogP contribution in [-0.2, 0) is 4.74 Å². The van der Waals surface area contributed by atoms with E-state index in [1.54, 1.807) is 13.8 Å². The lowest BCUT2D eigenvalue weighted by atomic mass is 10.1. The molecule has 1 aromatic rings. The van der Waals surface area contributed by atoms with E-state index in [1.807, 2.05) is 25.1 Å². The second kappa shape index (κ2) is 6.15. The average Bonchev–Trinajstić information content (AvgIpc) is 2.29. The van der Waals surface area contributed by atoms with Crippen molar-refractivity contribution in [3.05, 3.63) is 33.8 Å². The summed E-state index contributed by atoms with van der Waals surface area (Å²) in [5, 5.41) is 18.5. The van der Waals surface area contributed by atoms with Crippen LogP contribution in [-0.4, -0.2) is 17.3 Å². The fraction of sp³-hybridized carbons (Fsp3) is 0.462. The topological polar surface area (TPSA) is 53.2 Å². The van der Waals surface area contributed by atoms with Crippen molar-refractivity contribution in [2.75, 3.05) is 0 Å². The minimum absolute atomic E-state index is 0.375. The van der Waals surface area contributed by atoms with Crippen molar-refractivity contribution >= 4 is 15.9 Å². The van der Waals surface area contributed by atoms with Gasteiger partial charge in [-0.05, 0) is 38.0 Å². The highest BCUT2D eigenvalue weighted by molar-refractivity contribution is 9.10. The molecule has 0 aromatic heterocycles. The minimum Gasteiger partial charge on any atom is -0.391 e. The van der Waals surface area contributed by atoms with Gasteiger partial charge in [0.2, 0.25) is 0 Å². The summed E-state index contributed by atoms with van der Waals surface area (Å²) in [4.78, 5) is 0. The van der Waals surface area contributed by atoms with Crippen molar-refractivity contribution in [1.29, 1.82) is 5.26 Å². The summed E-state index contributed by atoms with van der Waals surface area (Å²) in [5.41, 5.74) is 1.89.